The maximum absolute atomic E-state index is 13.3. The van der Waals surface area contributed by atoms with Crippen LogP contribution in [0.25, 0.3) is 0 Å². The summed E-state index contributed by atoms with van der Waals surface area (Å²) in [6.45, 7) is 8.50. The van der Waals surface area contributed by atoms with Crippen LogP contribution in [0.1, 0.15) is 86.0 Å². The van der Waals surface area contributed by atoms with Crippen LogP contribution in [0.2, 0.25) is 0 Å². The lowest BCUT2D eigenvalue weighted by Gasteiger charge is -2.60. The zero-order valence-electron chi connectivity index (χ0n) is 20.1. The molecule has 1 heterocycles. The molecule has 0 spiro atoms. The van der Waals surface area contributed by atoms with Crippen LogP contribution < -0.4 is 10.6 Å². The fourth-order valence-electron chi connectivity index (χ4n) is 7.92. The average molecular weight is 457 g/mol. The molecule has 0 aromatic rings. The topological polar surface area (TPSA) is 58.2 Å². The number of rotatable bonds is 3. The molecule has 2 N–H and O–H groups in total. The Kier molecular flexibility index (Phi) is 5.69. The van der Waals surface area contributed by atoms with E-state index in [1.54, 1.807) is 0 Å². The summed E-state index contributed by atoms with van der Waals surface area (Å²) in [4.78, 5) is 26.0. The van der Waals surface area contributed by atoms with Crippen molar-refractivity contribution in [1.29, 1.82) is 0 Å². The first-order chi connectivity index (χ1) is 14.7. The maximum Gasteiger partial charge on any atom is 0.393 e. The van der Waals surface area contributed by atoms with Crippen LogP contribution in [0, 0.1) is 40.4 Å². The number of halogens is 3. The molecule has 3 saturated carbocycles. The average Bonchev–Trinajstić information content (AvgIpc) is 3.08. The van der Waals surface area contributed by atoms with Crippen molar-refractivity contribution in [2.24, 2.45) is 40.4 Å². The number of nitrogens with one attached hydrogen (secondary N) is 2. The molecule has 0 aromatic heterocycles. The third kappa shape index (κ3) is 3.75. The fourth-order valence-corrected chi connectivity index (χ4v) is 7.92. The number of piperidine rings is 1. The fraction of sp³-hybridized carbons (Fsp3) is 0.920. The number of hydrogen-bond acceptors (Lipinski definition) is 2. The molecule has 3 unspecified atom stereocenters. The van der Waals surface area contributed by atoms with Crippen molar-refractivity contribution >= 4 is 11.8 Å². The molecule has 4 rings (SSSR count). The number of carbonyl (C=O) groups excluding carboxylic acids is 2. The van der Waals surface area contributed by atoms with Crippen LogP contribution in [-0.4, -0.2) is 29.6 Å². The van der Waals surface area contributed by atoms with E-state index < -0.39 is 29.5 Å². The number of amides is 2. The maximum atomic E-state index is 13.3. The highest BCUT2D eigenvalue weighted by Crippen LogP contribution is 2.64. The Balaban J connectivity index is 1.54. The van der Waals surface area contributed by atoms with Crippen LogP contribution >= 0.6 is 0 Å². The molecule has 4 fully saturated rings. The largest absolute Gasteiger partial charge is 0.393 e. The van der Waals surface area contributed by atoms with Gasteiger partial charge in [-0.15, -0.1) is 0 Å². The standard InChI is InChI=1S/C25H39F3N2O2/c1-14(25(26,27)28)22(2,3)30-21(32)16-13-24(5)18-10-12-23(4)11-6-7-17(23)15(18)8-9-19(24)29-20(16)31/h14-19H,6-13H2,1-5H3,(H,29,31)(H,30,32)/t14?,15-,16?,17-,18+,19?,23-,24+/m0/s1. The molecule has 7 heteroatoms. The highest BCUT2D eigenvalue weighted by Gasteiger charge is 2.60. The van der Waals surface area contributed by atoms with Gasteiger partial charge in [-0.2, -0.15) is 13.2 Å². The van der Waals surface area contributed by atoms with Gasteiger partial charge in [-0.3, -0.25) is 9.59 Å². The minimum atomic E-state index is -4.42. The van der Waals surface area contributed by atoms with Gasteiger partial charge in [-0.25, -0.2) is 0 Å². The number of alkyl halides is 3. The second kappa shape index (κ2) is 7.63. The van der Waals surface area contributed by atoms with E-state index >= 15 is 0 Å². The van der Waals surface area contributed by atoms with Gasteiger partial charge < -0.3 is 10.6 Å². The number of fused-ring (bicyclic) bond motifs is 5. The second-order valence-electron chi connectivity index (χ2n) is 12.3. The van der Waals surface area contributed by atoms with E-state index in [2.05, 4.69) is 24.5 Å². The summed E-state index contributed by atoms with van der Waals surface area (Å²) < 4.78 is 39.9. The number of hydrogen-bond donors (Lipinski definition) is 2. The minimum Gasteiger partial charge on any atom is -0.352 e. The molecular formula is C25H39F3N2O2. The number of carbonyl (C=O) groups is 2. The van der Waals surface area contributed by atoms with Crippen LogP contribution in [0.3, 0.4) is 0 Å². The normalized spacial score (nSPS) is 42.9. The molecule has 32 heavy (non-hydrogen) atoms. The molecular weight excluding hydrogens is 417 g/mol. The van der Waals surface area contributed by atoms with Crippen molar-refractivity contribution in [3.63, 3.8) is 0 Å². The van der Waals surface area contributed by atoms with Crippen molar-refractivity contribution in [3.8, 4) is 0 Å². The first-order valence-electron chi connectivity index (χ1n) is 12.4. The summed E-state index contributed by atoms with van der Waals surface area (Å²) in [5.74, 6) is -1.77. The smallest absolute Gasteiger partial charge is 0.352 e. The van der Waals surface area contributed by atoms with Crippen molar-refractivity contribution < 1.29 is 22.8 Å². The zero-order valence-corrected chi connectivity index (χ0v) is 20.1. The van der Waals surface area contributed by atoms with E-state index in [-0.39, 0.29) is 17.4 Å². The third-order valence-electron chi connectivity index (χ3n) is 10.3. The minimum absolute atomic E-state index is 0.0492. The predicted octanol–water partition coefficient (Wildman–Crippen LogP) is 5.22. The van der Waals surface area contributed by atoms with Gasteiger partial charge in [-0.05, 0) is 87.4 Å². The van der Waals surface area contributed by atoms with Gasteiger partial charge in [0.15, 0.2) is 0 Å². The molecule has 1 aliphatic heterocycles. The Morgan fingerprint density at radius 3 is 2.44 bits per heavy atom. The lowest BCUT2D eigenvalue weighted by molar-refractivity contribution is -0.188. The summed E-state index contributed by atoms with van der Waals surface area (Å²) in [5, 5.41) is 5.69. The molecule has 0 bridgehead atoms. The lowest BCUT2D eigenvalue weighted by atomic mass is 9.47. The highest BCUT2D eigenvalue weighted by molar-refractivity contribution is 6.01. The Labute approximate surface area is 189 Å². The Morgan fingerprint density at radius 1 is 1.09 bits per heavy atom. The van der Waals surface area contributed by atoms with E-state index in [0.717, 1.165) is 32.1 Å². The lowest BCUT2D eigenvalue weighted by Crippen LogP contribution is -2.65. The first-order valence-corrected chi connectivity index (χ1v) is 12.4. The van der Waals surface area contributed by atoms with Crippen molar-refractivity contribution in [2.75, 3.05) is 0 Å². The van der Waals surface area contributed by atoms with E-state index in [4.69, 9.17) is 0 Å². The second-order valence-corrected chi connectivity index (χ2v) is 12.3. The van der Waals surface area contributed by atoms with Crippen LogP contribution in [0.15, 0.2) is 0 Å². The van der Waals surface area contributed by atoms with Gasteiger partial charge in [0.1, 0.15) is 5.92 Å². The molecule has 0 aromatic carbocycles. The SMILES string of the molecule is CC(C(F)(F)F)C(C)(C)NC(=O)C1C[C@@]2(C)C(CC[C@@H]3[C@H]2CC[C@]2(C)CCC[C@@H]32)NC1=O. The van der Waals surface area contributed by atoms with Crippen molar-refractivity contribution in [3.05, 3.63) is 0 Å². The predicted molar refractivity (Wildman–Crippen MR) is 116 cm³/mol. The van der Waals surface area contributed by atoms with Crippen molar-refractivity contribution in [1.82, 2.24) is 10.6 Å². The molecule has 4 aliphatic rings. The summed E-state index contributed by atoms with van der Waals surface area (Å²) in [7, 11) is 0. The van der Waals surface area contributed by atoms with Gasteiger partial charge >= 0.3 is 6.18 Å². The highest BCUT2D eigenvalue weighted by atomic mass is 19.4. The molecule has 2 amide bonds. The molecule has 0 radical (unpaired) electrons. The van der Waals surface area contributed by atoms with Gasteiger partial charge in [0.25, 0.3) is 0 Å². The zero-order chi connectivity index (χ0) is 23.7. The van der Waals surface area contributed by atoms with Gasteiger partial charge in [0, 0.05) is 11.6 Å². The summed E-state index contributed by atoms with van der Waals surface area (Å²) in [6, 6.07) is 0.0492. The van der Waals surface area contributed by atoms with Crippen molar-refractivity contribution in [2.45, 2.75) is 104 Å². The monoisotopic (exact) mass is 456 g/mol. The Bertz CT molecular complexity index is 782. The van der Waals surface area contributed by atoms with Gasteiger partial charge in [0.2, 0.25) is 11.8 Å². The quantitative estimate of drug-likeness (QED) is 0.572. The molecule has 3 aliphatic carbocycles. The molecule has 182 valence electrons. The Hall–Kier alpha value is -1.27. The van der Waals surface area contributed by atoms with E-state index in [0.29, 0.717) is 23.7 Å². The summed E-state index contributed by atoms with van der Waals surface area (Å²) >= 11 is 0. The Morgan fingerprint density at radius 2 is 1.78 bits per heavy atom. The first kappa shape index (κ1) is 23.9. The summed E-state index contributed by atoms with van der Waals surface area (Å²) in [6.07, 6.45) is 4.24. The molecule has 8 atom stereocenters. The van der Waals surface area contributed by atoms with Crippen LogP contribution in [-0.2, 0) is 9.59 Å². The summed E-state index contributed by atoms with van der Waals surface area (Å²) in [5.41, 5.74) is -1.25. The van der Waals surface area contributed by atoms with E-state index in [9.17, 15) is 22.8 Å². The third-order valence-corrected chi connectivity index (χ3v) is 10.3. The molecule has 4 nitrogen and oxygen atoms in total. The van der Waals surface area contributed by atoms with E-state index in [1.165, 1.54) is 39.5 Å². The van der Waals surface area contributed by atoms with Gasteiger partial charge in [0.05, 0.1) is 5.92 Å². The van der Waals surface area contributed by atoms with Gasteiger partial charge in [-0.1, -0.05) is 27.2 Å². The van der Waals surface area contributed by atoms with E-state index in [1.807, 2.05) is 0 Å². The molecule has 1 saturated heterocycles. The van der Waals surface area contributed by atoms with Crippen LogP contribution in [0.5, 0.6) is 0 Å². The van der Waals surface area contributed by atoms with Crippen LogP contribution in [0.4, 0.5) is 13.2 Å².